The molecule has 1 fully saturated rings. The lowest BCUT2D eigenvalue weighted by Gasteiger charge is -2.38. The molecule has 0 saturated carbocycles. The Morgan fingerprint density at radius 3 is 2.43 bits per heavy atom. The number of anilines is 1. The molecule has 114 valence electrons. The van der Waals surface area contributed by atoms with Crippen LogP contribution in [0.5, 0.6) is 0 Å². The molecule has 0 aromatic heterocycles. The predicted molar refractivity (Wildman–Crippen MR) is 84.7 cm³/mol. The minimum Gasteiger partial charge on any atom is -0.329 e. The van der Waals surface area contributed by atoms with E-state index in [4.69, 9.17) is 23.2 Å². The number of nitrogens with one attached hydrogen (secondary N) is 1. The summed E-state index contributed by atoms with van der Waals surface area (Å²) in [5.74, 6) is -1.20. The average molecular weight is 329 g/mol. The van der Waals surface area contributed by atoms with Gasteiger partial charge in [0, 0.05) is 12.1 Å². The summed E-state index contributed by atoms with van der Waals surface area (Å²) in [6, 6.07) is 5.04. The Balaban J connectivity index is 2.12. The summed E-state index contributed by atoms with van der Waals surface area (Å²) in [6.45, 7) is 3.93. The van der Waals surface area contributed by atoms with Crippen LogP contribution < -0.4 is 5.32 Å². The Hall–Kier alpha value is -1.26. The van der Waals surface area contributed by atoms with Crippen molar-refractivity contribution < 1.29 is 9.59 Å². The molecule has 1 heterocycles. The highest BCUT2D eigenvalue weighted by atomic mass is 35.5. The molecular weight excluding hydrogens is 311 g/mol. The van der Waals surface area contributed by atoms with Gasteiger partial charge in [0.05, 0.1) is 15.7 Å². The normalized spacial score (nSPS) is 22.0. The van der Waals surface area contributed by atoms with Crippen molar-refractivity contribution in [3.05, 3.63) is 28.2 Å². The van der Waals surface area contributed by atoms with Gasteiger partial charge in [-0.1, -0.05) is 29.3 Å². The molecule has 21 heavy (non-hydrogen) atoms. The number of halogens is 2. The summed E-state index contributed by atoms with van der Waals surface area (Å²) in [4.78, 5) is 26.2. The second-order valence-electron chi connectivity index (χ2n) is 5.40. The quantitative estimate of drug-likeness (QED) is 0.798. The van der Waals surface area contributed by atoms with Crippen LogP contribution in [0.2, 0.25) is 10.0 Å². The van der Waals surface area contributed by atoms with Gasteiger partial charge < -0.3 is 10.2 Å². The van der Waals surface area contributed by atoms with Crippen LogP contribution in [0.3, 0.4) is 0 Å². The molecule has 1 aliphatic heterocycles. The monoisotopic (exact) mass is 328 g/mol. The second-order valence-corrected chi connectivity index (χ2v) is 6.18. The van der Waals surface area contributed by atoms with Gasteiger partial charge in [-0.25, -0.2) is 0 Å². The molecular formula is C15H18Cl2N2O2. The van der Waals surface area contributed by atoms with Gasteiger partial charge in [-0.3, -0.25) is 9.59 Å². The van der Waals surface area contributed by atoms with Crippen molar-refractivity contribution in [1.82, 2.24) is 4.90 Å². The smallest absolute Gasteiger partial charge is 0.313 e. The maximum atomic E-state index is 12.4. The van der Waals surface area contributed by atoms with Crippen LogP contribution >= 0.6 is 23.2 Å². The third kappa shape index (κ3) is 3.50. The summed E-state index contributed by atoms with van der Waals surface area (Å²) in [5, 5.41) is 3.11. The Morgan fingerprint density at radius 1 is 1.19 bits per heavy atom. The predicted octanol–water partition coefficient (Wildman–Crippen LogP) is 3.72. The minimum absolute atomic E-state index is 0.0711. The minimum atomic E-state index is -0.681. The van der Waals surface area contributed by atoms with Gasteiger partial charge in [-0.15, -0.1) is 0 Å². The first-order valence-electron chi connectivity index (χ1n) is 6.99. The van der Waals surface area contributed by atoms with Crippen molar-refractivity contribution in [2.24, 2.45) is 0 Å². The van der Waals surface area contributed by atoms with Gasteiger partial charge in [0.15, 0.2) is 0 Å². The van der Waals surface area contributed by atoms with Crippen molar-refractivity contribution in [2.45, 2.75) is 45.2 Å². The van der Waals surface area contributed by atoms with Crippen molar-refractivity contribution in [3.63, 3.8) is 0 Å². The maximum absolute atomic E-state index is 12.4. The molecule has 0 radical (unpaired) electrons. The highest BCUT2D eigenvalue weighted by Crippen LogP contribution is 2.30. The first-order valence-corrected chi connectivity index (χ1v) is 7.75. The standard InChI is InChI=1S/C15H18Cl2N2O2/c1-9-5-3-6-10(2)19(9)15(21)14(20)18-12-8-4-7-11(16)13(12)17/h4,7-10H,3,5-6H2,1-2H3,(H,18,20). The summed E-state index contributed by atoms with van der Waals surface area (Å²) < 4.78 is 0. The molecule has 0 aliphatic carbocycles. The van der Waals surface area contributed by atoms with Crippen LogP contribution in [0, 0.1) is 0 Å². The molecule has 1 aliphatic rings. The number of carbonyl (C=O) groups excluding carboxylic acids is 2. The van der Waals surface area contributed by atoms with E-state index in [0.717, 1.165) is 19.3 Å². The van der Waals surface area contributed by atoms with Crippen molar-refractivity contribution in [2.75, 3.05) is 5.32 Å². The van der Waals surface area contributed by atoms with Gasteiger partial charge in [0.1, 0.15) is 0 Å². The van der Waals surface area contributed by atoms with Crippen LogP contribution in [-0.2, 0) is 9.59 Å². The largest absolute Gasteiger partial charge is 0.329 e. The molecule has 2 amide bonds. The third-order valence-corrected chi connectivity index (χ3v) is 4.64. The number of piperidine rings is 1. The van der Waals surface area contributed by atoms with Gasteiger partial charge in [0.25, 0.3) is 0 Å². The van der Waals surface area contributed by atoms with E-state index in [1.54, 1.807) is 23.1 Å². The second kappa shape index (κ2) is 6.67. The van der Waals surface area contributed by atoms with E-state index >= 15 is 0 Å². The molecule has 1 aromatic rings. The number of rotatable bonds is 1. The van der Waals surface area contributed by atoms with E-state index in [1.165, 1.54) is 0 Å². The molecule has 0 bridgehead atoms. The summed E-state index contributed by atoms with van der Waals surface area (Å²) in [7, 11) is 0. The van der Waals surface area contributed by atoms with Crippen molar-refractivity contribution in [3.8, 4) is 0 Å². The van der Waals surface area contributed by atoms with Crippen LogP contribution in [0.25, 0.3) is 0 Å². The highest BCUT2D eigenvalue weighted by molar-refractivity contribution is 6.45. The van der Waals surface area contributed by atoms with Gasteiger partial charge >= 0.3 is 11.8 Å². The molecule has 2 rings (SSSR count). The Labute approximate surface area is 134 Å². The first kappa shape index (κ1) is 16.1. The fraction of sp³-hybridized carbons (Fsp3) is 0.467. The lowest BCUT2D eigenvalue weighted by Crippen LogP contribution is -2.51. The number of amides is 2. The lowest BCUT2D eigenvalue weighted by molar-refractivity contribution is -0.147. The zero-order chi connectivity index (χ0) is 15.6. The van der Waals surface area contributed by atoms with Crippen molar-refractivity contribution >= 4 is 40.7 Å². The fourth-order valence-corrected chi connectivity index (χ4v) is 3.06. The Kier molecular flexibility index (Phi) is 5.12. The van der Waals surface area contributed by atoms with E-state index in [0.29, 0.717) is 10.7 Å². The van der Waals surface area contributed by atoms with Crippen LogP contribution in [0.1, 0.15) is 33.1 Å². The number of carbonyl (C=O) groups is 2. The Bertz CT molecular complexity index is 553. The summed E-state index contributed by atoms with van der Waals surface area (Å²) in [5.41, 5.74) is 0.347. The molecule has 2 unspecified atom stereocenters. The number of benzene rings is 1. The van der Waals surface area contributed by atoms with E-state index in [1.807, 2.05) is 13.8 Å². The van der Waals surface area contributed by atoms with Gasteiger partial charge in [0.2, 0.25) is 0 Å². The number of likely N-dealkylation sites (tertiary alicyclic amines) is 1. The summed E-state index contributed by atoms with van der Waals surface area (Å²) in [6.07, 6.45) is 2.91. The van der Waals surface area contributed by atoms with E-state index < -0.39 is 11.8 Å². The molecule has 6 heteroatoms. The van der Waals surface area contributed by atoms with Crippen LogP contribution in [0.15, 0.2) is 18.2 Å². The maximum Gasteiger partial charge on any atom is 0.313 e. The third-order valence-electron chi connectivity index (χ3n) is 3.82. The van der Waals surface area contributed by atoms with Crippen LogP contribution in [-0.4, -0.2) is 28.8 Å². The van der Waals surface area contributed by atoms with Crippen LogP contribution in [0.4, 0.5) is 5.69 Å². The van der Waals surface area contributed by atoms with E-state index in [-0.39, 0.29) is 17.1 Å². The average Bonchev–Trinajstić information content (AvgIpc) is 2.43. The van der Waals surface area contributed by atoms with E-state index in [9.17, 15) is 9.59 Å². The Morgan fingerprint density at radius 2 is 1.81 bits per heavy atom. The van der Waals surface area contributed by atoms with Gasteiger partial charge in [-0.05, 0) is 45.2 Å². The first-order chi connectivity index (χ1) is 9.91. The number of nitrogens with zero attached hydrogens (tertiary/aromatic N) is 1. The molecule has 1 aromatic carbocycles. The lowest BCUT2D eigenvalue weighted by atomic mass is 9.97. The molecule has 1 saturated heterocycles. The number of hydrogen-bond donors (Lipinski definition) is 1. The molecule has 0 spiro atoms. The zero-order valence-corrected chi connectivity index (χ0v) is 13.5. The SMILES string of the molecule is CC1CCCC(C)N1C(=O)C(=O)Nc1cccc(Cl)c1Cl. The number of hydrogen-bond acceptors (Lipinski definition) is 2. The van der Waals surface area contributed by atoms with Crippen molar-refractivity contribution in [1.29, 1.82) is 0 Å². The van der Waals surface area contributed by atoms with Gasteiger partial charge in [-0.2, -0.15) is 0 Å². The van der Waals surface area contributed by atoms with E-state index in [2.05, 4.69) is 5.32 Å². The molecule has 1 N–H and O–H groups in total. The summed E-state index contributed by atoms with van der Waals surface area (Å²) >= 11 is 11.9. The topological polar surface area (TPSA) is 49.4 Å². The fourth-order valence-electron chi connectivity index (χ4n) is 2.71. The molecule has 4 nitrogen and oxygen atoms in total. The highest BCUT2D eigenvalue weighted by Gasteiger charge is 2.32. The molecule has 2 atom stereocenters. The zero-order valence-electron chi connectivity index (χ0n) is 12.0.